The third kappa shape index (κ3) is 16.1. The molecule has 256 valence electrons. The van der Waals surface area contributed by atoms with Crippen LogP contribution in [0.5, 0.6) is 0 Å². The van der Waals surface area contributed by atoms with Crippen molar-refractivity contribution in [2.45, 2.75) is 65.2 Å². The molecule has 12 heteroatoms. The van der Waals surface area contributed by atoms with Gasteiger partial charge < -0.3 is 4.90 Å². The number of nitrogens with zero attached hydrogens (tertiary/aromatic N) is 2. The summed E-state index contributed by atoms with van der Waals surface area (Å²) in [5, 5.41) is 10.8. The number of carbonyl (C=O) groups is 3. The molecule has 0 aliphatic rings. The second-order valence-corrected chi connectivity index (χ2v) is 13.9. The van der Waals surface area contributed by atoms with Crippen molar-refractivity contribution >= 4 is 33.9 Å². The van der Waals surface area contributed by atoms with Crippen molar-refractivity contribution in [1.29, 1.82) is 0 Å². The molecule has 2 rings (SSSR count). The quantitative estimate of drug-likeness (QED) is 0.119. The second kappa shape index (κ2) is 20.5. The van der Waals surface area contributed by atoms with Crippen LogP contribution in [0.4, 0.5) is 0 Å². The SMILES string of the molecule is CC(C)C[C@@H](C(=O)NN(CC(C)C)C(=O)CCCN(C)C)[C@H](CC=Cc1ccccc1)C(=O)NO.Cc1ccc(S(=O)(=O)O)cc1. The Morgan fingerprint density at radius 1 is 0.891 bits per heavy atom. The van der Waals surface area contributed by atoms with Gasteiger partial charge >= 0.3 is 0 Å². The Balaban J connectivity index is 0.000000804. The smallest absolute Gasteiger partial charge is 0.294 e. The van der Waals surface area contributed by atoms with E-state index in [9.17, 15) is 28.0 Å². The number of amides is 3. The molecule has 4 N–H and O–H groups in total. The van der Waals surface area contributed by atoms with E-state index in [1.165, 1.54) is 17.1 Å². The summed E-state index contributed by atoms with van der Waals surface area (Å²) in [7, 11) is -0.116. The highest BCUT2D eigenvalue weighted by molar-refractivity contribution is 7.85. The number of allylic oxidation sites excluding steroid dienone is 1. The molecule has 0 heterocycles. The second-order valence-electron chi connectivity index (χ2n) is 12.4. The van der Waals surface area contributed by atoms with Crippen molar-refractivity contribution in [1.82, 2.24) is 20.8 Å². The maximum absolute atomic E-state index is 13.5. The number of hydrazine groups is 1. The highest BCUT2D eigenvalue weighted by Crippen LogP contribution is 2.26. The Morgan fingerprint density at radius 2 is 1.50 bits per heavy atom. The lowest BCUT2D eigenvalue weighted by atomic mass is 9.82. The summed E-state index contributed by atoms with van der Waals surface area (Å²) >= 11 is 0. The van der Waals surface area contributed by atoms with Crippen molar-refractivity contribution in [2.24, 2.45) is 23.7 Å². The molecular formula is C34H52N4O7S. The van der Waals surface area contributed by atoms with Crippen LogP contribution in [0.1, 0.15) is 64.5 Å². The summed E-state index contributed by atoms with van der Waals surface area (Å²) in [6.07, 6.45) is 5.45. The molecule has 0 aliphatic heterocycles. The van der Waals surface area contributed by atoms with Crippen LogP contribution >= 0.6 is 0 Å². The maximum atomic E-state index is 13.5. The van der Waals surface area contributed by atoms with E-state index in [-0.39, 0.29) is 35.0 Å². The molecule has 0 unspecified atom stereocenters. The Labute approximate surface area is 274 Å². The number of carbonyl (C=O) groups excluding carboxylic acids is 3. The molecule has 0 aromatic heterocycles. The minimum atomic E-state index is -4.02. The monoisotopic (exact) mass is 660 g/mol. The molecule has 3 amide bonds. The molecule has 46 heavy (non-hydrogen) atoms. The van der Waals surface area contributed by atoms with Gasteiger partial charge in [-0.15, -0.1) is 0 Å². The summed E-state index contributed by atoms with van der Waals surface area (Å²) in [5.74, 6) is -2.37. The van der Waals surface area contributed by atoms with E-state index < -0.39 is 27.9 Å². The number of nitrogens with one attached hydrogen (secondary N) is 2. The van der Waals surface area contributed by atoms with Gasteiger partial charge in [-0.05, 0) is 76.4 Å². The lowest BCUT2D eigenvalue weighted by Crippen LogP contribution is -2.52. The Kier molecular flexibility index (Phi) is 18.0. The minimum Gasteiger partial charge on any atom is -0.309 e. The number of hydroxylamine groups is 1. The van der Waals surface area contributed by atoms with E-state index in [2.05, 4.69) is 5.43 Å². The molecule has 2 aromatic rings. The molecular weight excluding hydrogens is 608 g/mol. The van der Waals surface area contributed by atoms with Crippen LogP contribution in [-0.4, -0.2) is 73.0 Å². The number of hydrogen-bond donors (Lipinski definition) is 4. The minimum absolute atomic E-state index is 0.0666. The first kappa shape index (κ1) is 40.4. The van der Waals surface area contributed by atoms with Gasteiger partial charge in [-0.1, -0.05) is 87.9 Å². The molecule has 0 spiro atoms. The molecule has 0 aliphatic carbocycles. The highest BCUT2D eigenvalue weighted by Gasteiger charge is 2.35. The summed E-state index contributed by atoms with van der Waals surface area (Å²) in [5.41, 5.74) is 6.47. The fourth-order valence-corrected chi connectivity index (χ4v) is 5.08. The molecule has 2 aromatic carbocycles. The number of aryl methyl sites for hydroxylation is 1. The van der Waals surface area contributed by atoms with E-state index >= 15 is 0 Å². The van der Waals surface area contributed by atoms with Crippen molar-refractivity contribution in [2.75, 3.05) is 27.2 Å². The van der Waals surface area contributed by atoms with Crippen LogP contribution in [0, 0.1) is 30.6 Å². The van der Waals surface area contributed by atoms with Crippen LogP contribution < -0.4 is 10.9 Å². The van der Waals surface area contributed by atoms with Gasteiger partial charge in [0, 0.05) is 13.0 Å². The van der Waals surface area contributed by atoms with Crippen molar-refractivity contribution in [3.63, 3.8) is 0 Å². The number of hydrogen-bond acceptors (Lipinski definition) is 7. The summed E-state index contributed by atoms with van der Waals surface area (Å²) < 4.78 is 29.6. The lowest BCUT2D eigenvalue weighted by molar-refractivity contribution is -0.148. The van der Waals surface area contributed by atoms with Gasteiger partial charge in [0.25, 0.3) is 10.1 Å². The largest absolute Gasteiger partial charge is 0.309 e. The van der Waals surface area contributed by atoms with Crippen LogP contribution in [-0.2, 0) is 24.5 Å². The molecule has 0 bridgehead atoms. The van der Waals surface area contributed by atoms with Gasteiger partial charge in [0.2, 0.25) is 17.7 Å². The first-order chi connectivity index (χ1) is 21.5. The number of rotatable bonds is 15. The Morgan fingerprint density at radius 3 is 2.00 bits per heavy atom. The third-order valence-electron chi connectivity index (χ3n) is 6.90. The standard InChI is InChI=1S/C27H44N4O4.C7H8O3S/c1-20(2)18-24(23(27(34)29-35)15-10-14-22-12-8-7-9-13-22)26(33)28-31(19-21(3)4)25(32)16-11-17-30(5)6;1-6-2-4-7(5-3-6)11(8,9)10/h7-10,12-14,20-21,23-24,35H,11,15-19H2,1-6H3,(H,28,33)(H,29,34);2-5H,1H3,(H,8,9,10)/t23-,24+;/m0./s1. The lowest BCUT2D eigenvalue weighted by Gasteiger charge is -2.30. The average molecular weight is 661 g/mol. The van der Waals surface area contributed by atoms with Crippen LogP contribution in [0.2, 0.25) is 0 Å². The molecule has 0 saturated heterocycles. The predicted molar refractivity (Wildman–Crippen MR) is 180 cm³/mol. The van der Waals surface area contributed by atoms with Crippen molar-refractivity contribution in [3.05, 3.63) is 71.8 Å². The van der Waals surface area contributed by atoms with Crippen molar-refractivity contribution < 1.29 is 32.6 Å². The van der Waals surface area contributed by atoms with E-state index in [1.807, 2.05) is 96.1 Å². The highest BCUT2D eigenvalue weighted by atomic mass is 32.2. The zero-order valence-electron chi connectivity index (χ0n) is 28.1. The van der Waals surface area contributed by atoms with E-state index in [0.717, 1.165) is 17.7 Å². The van der Waals surface area contributed by atoms with Gasteiger partial charge in [-0.3, -0.25) is 34.6 Å². The van der Waals surface area contributed by atoms with Crippen LogP contribution in [0.15, 0.2) is 65.6 Å². The average Bonchev–Trinajstić information content (AvgIpc) is 2.97. The first-order valence-corrected chi connectivity index (χ1v) is 16.9. The molecule has 11 nitrogen and oxygen atoms in total. The van der Waals surface area contributed by atoms with Gasteiger partial charge in [-0.2, -0.15) is 8.42 Å². The van der Waals surface area contributed by atoms with E-state index in [0.29, 0.717) is 25.8 Å². The van der Waals surface area contributed by atoms with Gasteiger partial charge in [0.15, 0.2) is 0 Å². The zero-order chi connectivity index (χ0) is 34.9. The molecule has 0 radical (unpaired) electrons. The molecule has 2 atom stereocenters. The Bertz CT molecular complexity index is 1350. The summed E-state index contributed by atoms with van der Waals surface area (Å²) in [6, 6.07) is 15.6. The zero-order valence-corrected chi connectivity index (χ0v) is 29.0. The molecule has 0 fully saturated rings. The van der Waals surface area contributed by atoms with Crippen molar-refractivity contribution in [3.8, 4) is 0 Å². The molecule has 0 saturated carbocycles. The number of benzene rings is 2. The van der Waals surface area contributed by atoms with E-state index in [4.69, 9.17) is 4.55 Å². The Hall–Kier alpha value is -3.58. The van der Waals surface area contributed by atoms with Crippen LogP contribution in [0.3, 0.4) is 0 Å². The third-order valence-corrected chi connectivity index (χ3v) is 7.77. The predicted octanol–water partition coefficient (Wildman–Crippen LogP) is 4.97. The maximum Gasteiger partial charge on any atom is 0.294 e. The summed E-state index contributed by atoms with van der Waals surface area (Å²) in [4.78, 5) is 40.9. The normalized spacial score (nSPS) is 12.9. The van der Waals surface area contributed by atoms with E-state index in [1.54, 1.807) is 17.6 Å². The van der Waals surface area contributed by atoms with Gasteiger partial charge in [0.1, 0.15) is 0 Å². The van der Waals surface area contributed by atoms with Gasteiger partial charge in [0.05, 0.1) is 16.7 Å². The fraction of sp³-hybridized carbons (Fsp3) is 0.500. The fourth-order valence-electron chi connectivity index (χ4n) is 4.60. The van der Waals surface area contributed by atoms with Gasteiger partial charge in [-0.25, -0.2) is 5.48 Å². The topological polar surface area (TPSA) is 156 Å². The summed E-state index contributed by atoms with van der Waals surface area (Å²) in [6.45, 7) is 10.9. The first-order valence-electron chi connectivity index (χ1n) is 15.5. The van der Waals surface area contributed by atoms with Crippen LogP contribution in [0.25, 0.3) is 6.08 Å².